The van der Waals surface area contributed by atoms with E-state index in [1.165, 1.54) is 0 Å². The van der Waals surface area contributed by atoms with Gasteiger partial charge in [-0.25, -0.2) is 0 Å². The third-order valence-corrected chi connectivity index (χ3v) is 6.60. The Balaban J connectivity index is 1.58. The van der Waals surface area contributed by atoms with E-state index in [-0.39, 0.29) is 24.2 Å². The van der Waals surface area contributed by atoms with Crippen LogP contribution in [0.5, 0.6) is 0 Å². The number of carboxylic acid groups (broad SMARTS) is 1. The number of piperidine rings is 1. The van der Waals surface area contributed by atoms with Crippen molar-refractivity contribution >= 4 is 17.6 Å². The minimum absolute atomic E-state index is 0.0302. The van der Waals surface area contributed by atoms with Crippen molar-refractivity contribution in [3.05, 3.63) is 59.9 Å². The summed E-state index contributed by atoms with van der Waals surface area (Å²) >= 11 is 0. The molecule has 0 saturated carbocycles. The van der Waals surface area contributed by atoms with Gasteiger partial charge in [0.1, 0.15) is 0 Å². The van der Waals surface area contributed by atoms with Crippen molar-refractivity contribution in [2.45, 2.75) is 25.7 Å². The first-order chi connectivity index (χ1) is 15.8. The third kappa shape index (κ3) is 7.29. The monoisotopic (exact) mass is 452 g/mol. The lowest BCUT2D eigenvalue weighted by molar-refractivity contribution is -0.139. The van der Waals surface area contributed by atoms with Crippen molar-refractivity contribution in [1.82, 2.24) is 14.8 Å². The summed E-state index contributed by atoms with van der Waals surface area (Å²) in [7, 11) is 6.04. The molecule has 0 bridgehead atoms. The minimum Gasteiger partial charge on any atom is -0.481 e. The van der Waals surface area contributed by atoms with Gasteiger partial charge in [0.2, 0.25) is 0 Å². The Hall–Kier alpha value is -2.93. The number of hydrogen-bond donors (Lipinski definition) is 1. The van der Waals surface area contributed by atoms with Crippen LogP contribution in [-0.2, 0) is 11.2 Å². The number of carbonyl (C=O) groups is 2. The van der Waals surface area contributed by atoms with E-state index in [1.807, 2.05) is 72.6 Å². The number of hydrogen-bond acceptors (Lipinski definition) is 5. The van der Waals surface area contributed by atoms with E-state index in [2.05, 4.69) is 16.9 Å². The molecule has 2 unspecified atom stereocenters. The van der Waals surface area contributed by atoms with Crippen molar-refractivity contribution in [2.24, 2.45) is 11.8 Å². The molecular formula is C26H36N4O3. The number of nitrogens with zero attached hydrogens (tertiary/aromatic N) is 4. The van der Waals surface area contributed by atoms with Crippen LogP contribution in [0.3, 0.4) is 0 Å². The van der Waals surface area contributed by atoms with Gasteiger partial charge in [-0.1, -0.05) is 6.07 Å². The molecule has 1 N–H and O–H groups in total. The molecule has 1 fully saturated rings. The minimum atomic E-state index is -0.757. The maximum atomic E-state index is 13.1. The molecule has 1 aromatic heterocycles. The fraction of sp³-hybridized carbons (Fsp3) is 0.500. The van der Waals surface area contributed by atoms with Crippen molar-refractivity contribution < 1.29 is 14.7 Å². The van der Waals surface area contributed by atoms with E-state index in [0.29, 0.717) is 18.7 Å². The lowest BCUT2D eigenvalue weighted by atomic mass is 9.81. The second kappa shape index (κ2) is 11.8. The van der Waals surface area contributed by atoms with E-state index in [0.717, 1.165) is 43.7 Å². The molecule has 2 aromatic rings. The molecule has 7 nitrogen and oxygen atoms in total. The average Bonchev–Trinajstić information content (AvgIpc) is 2.82. The van der Waals surface area contributed by atoms with Gasteiger partial charge in [0.15, 0.2) is 0 Å². The Bertz CT molecular complexity index is 902. The second-order valence-electron chi connectivity index (χ2n) is 9.26. The van der Waals surface area contributed by atoms with Crippen molar-refractivity contribution in [3.63, 3.8) is 0 Å². The highest BCUT2D eigenvalue weighted by molar-refractivity contribution is 5.94. The highest BCUT2D eigenvalue weighted by Crippen LogP contribution is 2.30. The first-order valence-corrected chi connectivity index (χ1v) is 11.7. The fourth-order valence-corrected chi connectivity index (χ4v) is 4.52. The van der Waals surface area contributed by atoms with Crippen LogP contribution in [0.15, 0.2) is 48.7 Å². The molecule has 1 aliphatic heterocycles. The lowest BCUT2D eigenvalue weighted by Gasteiger charge is -2.39. The predicted molar refractivity (Wildman–Crippen MR) is 131 cm³/mol. The zero-order valence-corrected chi connectivity index (χ0v) is 20.0. The Labute approximate surface area is 197 Å². The summed E-state index contributed by atoms with van der Waals surface area (Å²) in [5.74, 6) is -0.445. The summed E-state index contributed by atoms with van der Waals surface area (Å²) in [5, 5.41) is 9.39. The number of anilines is 1. The Morgan fingerprint density at radius 2 is 1.82 bits per heavy atom. The maximum absolute atomic E-state index is 13.1. The Kier molecular flexibility index (Phi) is 8.83. The van der Waals surface area contributed by atoms with E-state index >= 15 is 0 Å². The number of rotatable bonds is 10. The first kappa shape index (κ1) is 24.7. The van der Waals surface area contributed by atoms with Crippen LogP contribution in [0.2, 0.25) is 0 Å². The van der Waals surface area contributed by atoms with Gasteiger partial charge in [-0.05, 0) is 74.7 Å². The molecule has 33 heavy (non-hydrogen) atoms. The molecular weight excluding hydrogens is 416 g/mol. The number of carbonyl (C=O) groups excluding carboxylic acids is 1. The third-order valence-electron chi connectivity index (χ3n) is 6.60. The number of aliphatic carboxylic acids is 1. The lowest BCUT2D eigenvalue weighted by Crippen LogP contribution is -2.45. The van der Waals surface area contributed by atoms with E-state index in [4.69, 9.17) is 0 Å². The summed E-state index contributed by atoms with van der Waals surface area (Å²) in [6.45, 7) is 2.99. The van der Waals surface area contributed by atoms with Crippen LogP contribution in [0.1, 0.15) is 35.3 Å². The van der Waals surface area contributed by atoms with Gasteiger partial charge < -0.3 is 19.8 Å². The molecule has 0 radical (unpaired) electrons. The SMILES string of the molecule is CN(CCc1ccccn1)CCC1CN(C(=O)c2ccc(N(C)C)cc2)CCC1CC(=O)O. The highest BCUT2D eigenvalue weighted by atomic mass is 16.4. The maximum Gasteiger partial charge on any atom is 0.303 e. The normalized spacial score (nSPS) is 18.4. The van der Waals surface area contributed by atoms with Gasteiger partial charge in [-0.15, -0.1) is 0 Å². The van der Waals surface area contributed by atoms with Crippen LogP contribution < -0.4 is 4.90 Å². The predicted octanol–water partition coefficient (Wildman–Crippen LogP) is 3.27. The number of pyridine rings is 1. The summed E-state index contributed by atoms with van der Waals surface area (Å²) in [4.78, 5) is 35.1. The van der Waals surface area contributed by atoms with Crippen LogP contribution in [-0.4, -0.2) is 79.1 Å². The molecule has 1 aliphatic rings. The van der Waals surface area contributed by atoms with Crippen molar-refractivity contribution in [1.29, 1.82) is 0 Å². The summed E-state index contributed by atoms with van der Waals surface area (Å²) in [6.07, 6.45) is 4.47. The topological polar surface area (TPSA) is 77.0 Å². The molecule has 2 atom stereocenters. The second-order valence-corrected chi connectivity index (χ2v) is 9.26. The molecule has 2 heterocycles. The van der Waals surface area contributed by atoms with Gasteiger partial charge in [0.05, 0.1) is 0 Å². The molecule has 0 spiro atoms. The molecule has 1 saturated heterocycles. The standard InChI is InChI=1S/C26H36N4O3/c1-28(2)24-9-7-20(8-10-24)26(33)30-17-12-21(18-25(31)32)22(19-30)11-15-29(3)16-13-23-6-4-5-14-27-23/h4-10,14,21-22H,11-13,15-19H2,1-3H3,(H,31,32). The fourth-order valence-electron chi connectivity index (χ4n) is 4.52. The van der Waals surface area contributed by atoms with E-state index in [1.54, 1.807) is 0 Å². The molecule has 0 aliphatic carbocycles. The first-order valence-electron chi connectivity index (χ1n) is 11.7. The molecule has 1 aromatic carbocycles. The van der Waals surface area contributed by atoms with E-state index < -0.39 is 5.97 Å². The van der Waals surface area contributed by atoms with E-state index in [9.17, 15) is 14.7 Å². The van der Waals surface area contributed by atoms with Gasteiger partial charge in [-0.3, -0.25) is 14.6 Å². The number of aromatic nitrogens is 1. The Morgan fingerprint density at radius 3 is 2.45 bits per heavy atom. The zero-order valence-electron chi connectivity index (χ0n) is 20.0. The highest BCUT2D eigenvalue weighted by Gasteiger charge is 2.33. The van der Waals surface area contributed by atoms with Crippen molar-refractivity contribution in [2.75, 3.05) is 52.2 Å². The number of amides is 1. The van der Waals surface area contributed by atoms with Crippen LogP contribution in [0.25, 0.3) is 0 Å². The van der Waals surface area contributed by atoms with Crippen LogP contribution >= 0.6 is 0 Å². The van der Waals surface area contributed by atoms with Crippen LogP contribution in [0.4, 0.5) is 5.69 Å². The van der Waals surface area contributed by atoms with Gasteiger partial charge in [0, 0.05) is 69.7 Å². The Morgan fingerprint density at radius 1 is 1.06 bits per heavy atom. The van der Waals surface area contributed by atoms with Crippen LogP contribution in [0, 0.1) is 11.8 Å². The summed E-state index contributed by atoms with van der Waals surface area (Å²) < 4.78 is 0. The molecule has 3 rings (SSSR count). The average molecular weight is 453 g/mol. The summed E-state index contributed by atoms with van der Waals surface area (Å²) in [5.41, 5.74) is 2.81. The number of likely N-dealkylation sites (N-methyl/N-ethyl adjacent to an activating group) is 1. The largest absolute Gasteiger partial charge is 0.481 e. The van der Waals surface area contributed by atoms with Gasteiger partial charge in [0.25, 0.3) is 5.91 Å². The van der Waals surface area contributed by atoms with Crippen molar-refractivity contribution in [3.8, 4) is 0 Å². The molecule has 178 valence electrons. The quantitative estimate of drug-likeness (QED) is 0.596. The number of carboxylic acids is 1. The van der Waals surface area contributed by atoms with Gasteiger partial charge in [-0.2, -0.15) is 0 Å². The number of likely N-dealkylation sites (tertiary alicyclic amines) is 1. The summed E-state index contributed by atoms with van der Waals surface area (Å²) in [6, 6.07) is 13.6. The zero-order chi connectivity index (χ0) is 23.8. The molecule has 1 amide bonds. The number of benzene rings is 1. The molecule has 7 heteroatoms. The van der Waals surface area contributed by atoms with Gasteiger partial charge >= 0.3 is 5.97 Å². The smallest absolute Gasteiger partial charge is 0.303 e.